The van der Waals surface area contributed by atoms with Gasteiger partial charge in [0.05, 0.1) is 17.6 Å². The van der Waals surface area contributed by atoms with E-state index >= 15 is 0 Å². The normalized spacial score (nSPS) is 15.6. The lowest BCUT2D eigenvalue weighted by Crippen LogP contribution is -2.30. The first kappa shape index (κ1) is 13.0. The molecule has 2 N–H and O–H groups in total. The predicted molar refractivity (Wildman–Crippen MR) is 77.1 cm³/mol. The summed E-state index contributed by atoms with van der Waals surface area (Å²) in [6.45, 7) is 3.64. The highest BCUT2D eigenvalue weighted by Gasteiger charge is 2.20. The molecule has 1 aromatic carbocycles. The summed E-state index contributed by atoms with van der Waals surface area (Å²) < 4.78 is 19.5. The molecule has 0 unspecified atom stereocenters. The van der Waals surface area contributed by atoms with Gasteiger partial charge in [-0.25, -0.2) is 4.39 Å². The lowest BCUT2D eigenvalue weighted by Gasteiger charge is -2.30. The van der Waals surface area contributed by atoms with E-state index in [4.69, 9.17) is 10.3 Å². The summed E-state index contributed by atoms with van der Waals surface area (Å²) in [5.41, 5.74) is 8.11. The quantitative estimate of drug-likeness (QED) is 0.854. The molecular formula is C15H18FN3O. The zero-order valence-electron chi connectivity index (χ0n) is 11.5. The Hall–Kier alpha value is -2.04. The Morgan fingerprint density at radius 3 is 2.60 bits per heavy atom. The maximum Gasteiger partial charge on any atom is 0.156 e. The van der Waals surface area contributed by atoms with E-state index in [-0.39, 0.29) is 11.5 Å². The fourth-order valence-corrected chi connectivity index (χ4v) is 2.76. The van der Waals surface area contributed by atoms with Gasteiger partial charge in [-0.15, -0.1) is 0 Å². The summed E-state index contributed by atoms with van der Waals surface area (Å²) in [6, 6.07) is 3.65. The van der Waals surface area contributed by atoms with Gasteiger partial charge >= 0.3 is 0 Å². The van der Waals surface area contributed by atoms with Crippen LogP contribution in [0.3, 0.4) is 0 Å². The summed E-state index contributed by atoms with van der Waals surface area (Å²) in [5.74, 6) is 0.202. The third-order valence-corrected chi connectivity index (χ3v) is 3.89. The summed E-state index contributed by atoms with van der Waals surface area (Å²) in [5, 5.41) is 3.69. The van der Waals surface area contributed by atoms with Crippen molar-refractivity contribution in [3.05, 3.63) is 29.9 Å². The van der Waals surface area contributed by atoms with Gasteiger partial charge in [0.25, 0.3) is 0 Å². The van der Waals surface area contributed by atoms with E-state index in [1.807, 2.05) is 6.07 Å². The van der Waals surface area contributed by atoms with Crippen molar-refractivity contribution in [2.45, 2.75) is 26.2 Å². The van der Waals surface area contributed by atoms with Gasteiger partial charge in [0, 0.05) is 24.2 Å². The van der Waals surface area contributed by atoms with E-state index in [9.17, 15) is 4.39 Å². The second kappa shape index (κ2) is 5.15. The number of benzene rings is 1. The lowest BCUT2D eigenvalue weighted by atomic mass is 10.0. The van der Waals surface area contributed by atoms with Crippen LogP contribution in [0.2, 0.25) is 0 Å². The van der Waals surface area contributed by atoms with Crippen LogP contribution < -0.4 is 10.6 Å². The molecule has 106 valence electrons. The summed E-state index contributed by atoms with van der Waals surface area (Å²) >= 11 is 0. The van der Waals surface area contributed by atoms with E-state index in [2.05, 4.69) is 10.1 Å². The Morgan fingerprint density at radius 2 is 1.95 bits per heavy atom. The molecule has 2 heterocycles. The molecule has 0 saturated carbocycles. The fraction of sp³-hybridized carbons (Fsp3) is 0.400. The first-order valence-corrected chi connectivity index (χ1v) is 6.93. The van der Waals surface area contributed by atoms with E-state index in [0.717, 1.165) is 31.6 Å². The number of nitrogens with two attached hydrogens (primary N) is 1. The molecule has 1 fully saturated rings. The molecule has 0 aliphatic carbocycles. The average Bonchev–Trinajstić information content (AvgIpc) is 2.89. The molecular weight excluding hydrogens is 257 g/mol. The van der Waals surface area contributed by atoms with Crippen molar-refractivity contribution in [1.82, 2.24) is 5.16 Å². The Labute approximate surface area is 117 Å². The van der Waals surface area contributed by atoms with E-state index in [0.29, 0.717) is 16.9 Å². The third-order valence-electron chi connectivity index (χ3n) is 3.89. The smallest absolute Gasteiger partial charge is 0.156 e. The van der Waals surface area contributed by atoms with E-state index in [1.165, 1.54) is 12.6 Å². The Balaban J connectivity index is 2.00. The largest absolute Gasteiger partial charge is 0.395 e. The van der Waals surface area contributed by atoms with E-state index < -0.39 is 0 Å². The number of hydrogen-bond acceptors (Lipinski definition) is 4. The second-order valence-corrected chi connectivity index (χ2v) is 5.20. The molecule has 5 heteroatoms. The molecule has 3 rings (SSSR count). The molecule has 1 aliphatic heterocycles. The fourth-order valence-electron chi connectivity index (χ4n) is 2.76. The van der Waals surface area contributed by atoms with Gasteiger partial charge in [0.1, 0.15) is 5.76 Å². The molecule has 0 amide bonds. The highest BCUT2D eigenvalue weighted by Crippen LogP contribution is 2.35. The minimum Gasteiger partial charge on any atom is -0.395 e. The van der Waals surface area contributed by atoms with Crippen LogP contribution >= 0.6 is 0 Å². The number of halogens is 1. The molecule has 0 atom stereocenters. The zero-order chi connectivity index (χ0) is 14.1. The van der Waals surface area contributed by atoms with Crippen molar-refractivity contribution in [2.24, 2.45) is 0 Å². The average molecular weight is 275 g/mol. The summed E-state index contributed by atoms with van der Waals surface area (Å²) in [7, 11) is 0. The first-order chi connectivity index (χ1) is 9.68. The number of hydrogen-bond donors (Lipinski definition) is 1. The number of aromatic nitrogens is 1. The van der Waals surface area contributed by atoms with Gasteiger partial charge in [0.2, 0.25) is 0 Å². The molecule has 0 bridgehead atoms. The minimum atomic E-state index is -0.389. The van der Waals surface area contributed by atoms with Crippen LogP contribution in [0.25, 0.3) is 11.1 Å². The number of anilines is 2. The molecule has 1 aliphatic rings. The third kappa shape index (κ3) is 2.13. The monoisotopic (exact) mass is 275 g/mol. The molecule has 4 nitrogen and oxygen atoms in total. The SMILES string of the molecule is Cc1oncc1-c1ccc(N2CCCCC2)c(N)c1F. The van der Waals surface area contributed by atoms with Crippen molar-refractivity contribution in [3.63, 3.8) is 0 Å². The highest BCUT2D eigenvalue weighted by atomic mass is 19.1. The standard InChI is InChI=1S/C15H18FN3O/c1-10-12(9-18-20-10)11-5-6-13(15(17)14(11)16)19-7-3-2-4-8-19/h5-6,9H,2-4,7-8,17H2,1H3. The van der Waals surface area contributed by atoms with Gasteiger partial charge in [-0.05, 0) is 38.3 Å². The van der Waals surface area contributed by atoms with Gasteiger partial charge < -0.3 is 15.2 Å². The molecule has 1 saturated heterocycles. The Bertz CT molecular complexity index is 618. The van der Waals surface area contributed by atoms with Crippen molar-refractivity contribution < 1.29 is 8.91 Å². The van der Waals surface area contributed by atoms with Crippen LogP contribution in [0.15, 0.2) is 22.9 Å². The maximum absolute atomic E-state index is 14.5. The number of rotatable bonds is 2. The van der Waals surface area contributed by atoms with Crippen LogP contribution in [0.1, 0.15) is 25.0 Å². The summed E-state index contributed by atoms with van der Waals surface area (Å²) in [4.78, 5) is 2.16. The number of aryl methyl sites for hydroxylation is 1. The van der Waals surface area contributed by atoms with Crippen LogP contribution in [-0.4, -0.2) is 18.2 Å². The van der Waals surface area contributed by atoms with Crippen molar-refractivity contribution in [2.75, 3.05) is 23.7 Å². The van der Waals surface area contributed by atoms with Gasteiger partial charge in [0.15, 0.2) is 5.82 Å². The number of nitrogen functional groups attached to an aromatic ring is 1. The van der Waals surface area contributed by atoms with Gasteiger partial charge in [-0.1, -0.05) is 5.16 Å². The van der Waals surface area contributed by atoms with Crippen LogP contribution in [0.5, 0.6) is 0 Å². The Morgan fingerprint density at radius 1 is 1.20 bits per heavy atom. The maximum atomic E-state index is 14.5. The van der Waals surface area contributed by atoms with Crippen LogP contribution in [0, 0.1) is 12.7 Å². The lowest BCUT2D eigenvalue weighted by molar-refractivity contribution is 0.398. The highest BCUT2D eigenvalue weighted by molar-refractivity contribution is 5.78. The van der Waals surface area contributed by atoms with Crippen LogP contribution in [-0.2, 0) is 0 Å². The molecule has 0 radical (unpaired) electrons. The molecule has 20 heavy (non-hydrogen) atoms. The predicted octanol–water partition coefficient (Wildman–Crippen LogP) is 3.36. The second-order valence-electron chi connectivity index (χ2n) is 5.20. The number of piperidine rings is 1. The molecule has 1 aromatic heterocycles. The topological polar surface area (TPSA) is 55.3 Å². The van der Waals surface area contributed by atoms with Crippen LogP contribution in [0.4, 0.5) is 15.8 Å². The zero-order valence-corrected chi connectivity index (χ0v) is 11.5. The van der Waals surface area contributed by atoms with Crippen molar-refractivity contribution in [3.8, 4) is 11.1 Å². The first-order valence-electron chi connectivity index (χ1n) is 6.93. The molecule has 2 aromatic rings. The Kier molecular flexibility index (Phi) is 3.34. The summed E-state index contributed by atoms with van der Waals surface area (Å²) in [6.07, 6.45) is 5.02. The van der Waals surface area contributed by atoms with E-state index in [1.54, 1.807) is 13.0 Å². The van der Waals surface area contributed by atoms with Gasteiger partial charge in [-0.2, -0.15) is 0 Å². The van der Waals surface area contributed by atoms with Crippen molar-refractivity contribution >= 4 is 11.4 Å². The van der Waals surface area contributed by atoms with Crippen molar-refractivity contribution in [1.29, 1.82) is 0 Å². The number of nitrogens with zero attached hydrogens (tertiary/aromatic N) is 2. The molecule has 0 spiro atoms. The minimum absolute atomic E-state index is 0.213. The van der Waals surface area contributed by atoms with Gasteiger partial charge in [-0.3, -0.25) is 0 Å².